The van der Waals surface area contributed by atoms with Gasteiger partial charge in [-0.25, -0.2) is 5.06 Å². The van der Waals surface area contributed by atoms with Crippen LogP contribution >= 0.6 is 0 Å². The molecule has 1 saturated heterocycles. The van der Waals surface area contributed by atoms with Gasteiger partial charge in [0.05, 0.1) is 11.7 Å². The molecule has 0 radical (unpaired) electrons. The molecule has 0 saturated carbocycles. The van der Waals surface area contributed by atoms with Gasteiger partial charge in [-0.2, -0.15) is 0 Å². The molecular formula is C14H17NO. The van der Waals surface area contributed by atoms with Crippen LogP contribution in [0.5, 0.6) is 0 Å². The van der Waals surface area contributed by atoms with E-state index < -0.39 is 0 Å². The van der Waals surface area contributed by atoms with E-state index in [0.717, 1.165) is 6.42 Å². The Labute approximate surface area is 96.5 Å². The number of rotatable bonds is 1. The van der Waals surface area contributed by atoms with Crippen LogP contribution in [0.25, 0.3) is 0 Å². The smallest absolute Gasteiger partial charge is 0.104 e. The van der Waals surface area contributed by atoms with Crippen LogP contribution in [0.2, 0.25) is 0 Å². The predicted molar refractivity (Wildman–Crippen MR) is 65.2 cm³/mol. The lowest BCUT2D eigenvalue weighted by Crippen LogP contribution is -2.41. The Bertz CT molecular complexity index is 374. The molecule has 1 aromatic rings. The number of fused-ring (bicyclic) bond motifs is 4. The minimum atomic E-state index is 0.275. The van der Waals surface area contributed by atoms with E-state index in [2.05, 4.69) is 41.5 Å². The first-order chi connectivity index (χ1) is 7.93. The van der Waals surface area contributed by atoms with Crippen LogP contribution in [-0.4, -0.2) is 12.1 Å². The molecule has 2 nitrogen and oxygen atoms in total. The van der Waals surface area contributed by atoms with Crippen LogP contribution < -0.4 is 5.06 Å². The SMILES string of the molecule is C1=C[C@H]2CCCC[C@@H]1N(c1ccccc1)O2. The second-order valence-corrected chi connectivity index (χ2v) is 4.54. The van der Waals surface area contributed by atoms with Gasteiger partial charge in [0.15, 0.2) is 0 Å². The number of benzene rings is 1. The summed E-state index contributed by atoms with van der Waals surface area (Å²) in [6.07, 6.45) is 9.73. The van der Waals surface area contributed by atoms with Gasteiger partial charge >= 0.3 is 0 Å². The Morgan fingerprint density at radius 3 is 2.69 bits per heavy atom. The first-order valence-electron chi connectivity index (χ1n) is 6.13. The maximum atomic E-state index is 6.02. The molecule has 1 aliphatic carbocycles. The maximum Gasteiger partial charge on any atom is 0.104 e. The van der Waals surface area contributed by atoms with Crippen LogP contribution in [-0.2, 0) is 4.84 Å². The van der Waals surface area contributed by atoms with Crippen LogP contribution in [0, 0.1) is 0 Å². The van der Waals surface area contributed by atoms with Crippen molar-refractivity contribution in [2.24, 2.45) is 0 Å². The zero-order chi connectivity index (χ0) is 10.8. The Kier molecular flexibility index (Phi) is 2.66. The number of para-hydroxylation sites is 1. The minimum absolute atomic E-state index is 0.275. The summed E-state index contributed by atoms with van der Waals surface area (Å²) in [7, 11) is 0. The van der Waals surface area contributed by atoms with E-state index in [1.54, 1.807) is 0 Å². The average molecular weight is 215 g/mol. The lowest BCUT2D eigenvalue weighted by atomic mass is 9.99. The van der Waals surface area contributed by atoms with Gasteiger partial charge in [-0.3, -0.25) is 4.84 Å². The molecule has 0 unspecified atom stereocenters. The van der Waals surface area contributed by atoms with Gasteiger partial charge in [-0.1, -0.05) is 43.2 Å². The zero-order valence-corrected chi connectivity index (χ0v) is 9.38. The number of nitrogens with zero attached hydrogens (tertiary/aromatic N) is 1. The molecule has 84 valence electrons. The van der Waals surface area contributed by atoms with E-state index in [4.69, 9.17) is 4.84 Å². The van der Waals surface area contributed by atoms with Crippen LogP contribution in [0.15, 0.2) is 42.5 Å². The van der Waals surface area contributed by atoms with Crippen LogP contribution in [0.1, 0.15) is 25.7 Å². The summed E-state index contributed by atoms with van der Waals surface area (Å²) in [6, 6.07) is 10.8. The Morgan fingerprint density at radius 2 is 1.81 bits per heavy atom. The Balaban J connectivity index is 1.89. The fourth-order valence-electron chi connectivity index (χ4n) is 2.48. The zero-order valence-electron chi connectivity index (χ0n) is 9.38. The Morgan fingerprint density at radius 1 is 1.00 bits per heavy atom. The fraction of sp³-hybridized carbons (Fsp3) is 0.429. The summed E-state index contributed by atoms with van der Waals surface area (Å²) in [4.78, 5) is 6.02. The van der Waals surface area contributed by atoms with E-state index in [1.807, 2.05) is 6.07 Å². The highest BCUT2D eigenvalue weighted by molar-refractivity contribution is 5.46. The second kappa shape index (κ2) is 4.30. The van der Waals surface area contributed by atoms with Gasteiger partial charge in [0.25, 0.3) is 0 Å². The molecule has 0 N–H and O–H groups in total. The van der Waals surface area contributed by atoms with Gasteiger partial charge in [-0.05, 0) is 25.0 Å². The van der Waals surface area contributed by atoms with Crippen molar-refractivity contribution >= 4 is 5.69 Å². The van der Waals surface area contributed by atoms with E-state index in [-0.39, 0.29) is 6.10 Å². The van der Waals surface area contributed by atoms with Crippen molar-refractivity contribution in [3.05, 3.63) is 42.5 Å². The van der Waals surface area contributed by atoms with Gasteiger partial charge in [0, 0.05) is 0 Å². The lowest BCUT2D eigenvalue weighted by molar-refractivity contribution is 0.0252. The first kappa shape index (κ1) is 9.91. The summed E-state index contributed by atoms with van der Waals surface area (Å²) < 4.78 is 0. The monoisotopic (exact) mass is 215 g/mol. The van der Waals surface area contributed by atoms with Gasteiger partial charge in [-0.15, -0.1) is 0 Å². The summed E-state index contributed by atoms with van der Waals surface area (Å²) in [5.41, 5.74) is 1.17. The molecule has 2 bridgehead atoms. The van der Waals surface area contributed by atoms with E-state index in [9.17, 15) is 0 Å². The number of hydrogen-bond donors (Lipinski definition) is 0. The van der Waals surface area contributed by atoms with Crippen molar-refractivity contribution < 1.29 is 4.84 Å². The number of hydrogen-bond acceptors (Lipinski definition) is 2. The molecular weight excluding hydrogens is 198 g/mol. The average Bonchev–Trinajstić information content (AvgIpc) is 2.30. The molecule has 0 spiro atoms. The molecule has 2 aliphatic heterocycles. The van der Waals surface area contributed by atoms with E-state index in [1.165, 1.54) is 24.9 Å². The van der Waals surface area contributed by atoms with Crippen molar-refractivity contribution in [1.82, 2.24) is 0 Å². The van der Waals surface area contributed by atoms with Gasteiger partial charge in [0.2, 0.25) is 0 Å². The predicted octanol–water partition coefficient (Wildman–Crippen LogP) is 3.31. The third-order valence-corrected chi connectivity index (χ3v) is 3.35. The normalized spacial score (nSPS) is 28.9. The molecule has 0 amide bonds. The molecule has 2 atom stereocenters. The van der Waals surface area contributed by atoms with Gasteiger partial charge in [0.1, 0.15) is 6.10 Å². The van der Waals surface area contributed by atoms with Crippen molar-refractivity contribution in [2.45, 2.75) is 37.8 Å². The molecule has 4 rings (SSSR count). The molecule has 2 heteroatoms. The van der Waals surface area contributed by atoms with Crippen molar-refractivity contribution in [1.29, 1.82) is 0 Å². The molecule has 1 aromatic carbocycles. The maximum absolute atomic E-state index is 6.02. The summed E-state index contributed by atoms with van der Waals surface area (Å²) in [6.45, 7) is 0. The third-order valence-electron chi connectivity index (χ3n) is 3.35. The first-order valence-corrected chi connectivity index (χ1v) is 6.13. The van der Waals surface area contributed by atoms with Crippen molar-refractivity contribution in [3.63, 3.8) is 0 Å². The molecule has 2 heterocycles. The number of hydroxylamine groups is 1. The van der Waals surface area contributed by atoms with Crippen LogP contribution in [0.4, 0.5) is 5.69 Å². The molecule has 3 aliphatic rings. The van der Waals surface area contributed by atoms with E-state index >= 15 is 0 Å². The fourth-order valence-corrected chi connectivity index (χ4v) is 2.48. The molecule has 1 fully saturated rings. The second-order valence-electron chi connectivity index (χ2n) is 4.54. The van der Waals surface area contributed by atoms with Crippen molar-refractivity contribution in [3.8, 4) is 0 Å². The quantitative estimate of drug-likeness (QED) is 0.666. The molecule has 0 aromatic heterocycles. The Hall–Kier alpha value is -1.28. The summed E-state index contributed by atoms with van der Waals surface area (Å²) in [5, 5.41) is 2.09. The highest BCUT2D eigenvalue weighted by Crippen LogP contribution is 2.29. The minimum Gasteiger partial charge on any atom is -0.265 e. The third kappa shape index (κ3) is 1.85. The topological polar surface area (TPSA) is 12.5 Å². The summed E-state index contributed by atoms with van der Waals surface area (Å²) in [5.74, 6) is 0. The van der Waals surface area contributed by atoms with Crippen molar-refractivity contribution in [2.75, 3.05) is 5.06 Å². The molecule has 16 heavy (non-hydrogen) atoms. The van der Waals surface area contributed by atoms with Crippen LogP contribution in [0.3, 0.4) is 0 Å². The lowest BCUT2D eigenvalue weighted by Gasteiger charge is -2.38. The van der Waals surface area contributed by atoms with E-state index in [0.29, 0.717) is 6.04 Å². The standard InChI is InChI=1S/C14H17NO/c1-2-6-12(7-3-1)15-13-8-4-5-9-14(16-15)11-10-13/h1-3,6-7,10-11,13-14H,4-5,8-9H2/t13-,14+/m0/s1. The highest BCUT2D eigenvalue weighted by atomic mass is 16.7. The largest absolute Gasteiger partial charge is 0.265 e. The van der Waals surface area contributed by atoms with Gasteiger partial charge < -0.3 is 0 Å². The number of anilines is 1. The highest BCUT2D eigenvalue weighted by Gasteiger charge is 2.26. The summed E-state index contributed by atoms with van der Waals surface area (Å²) >= 11 is 0.